The molecule has 1 aliphatic heterocycles. The van der Waals surface area contributed by atoms with Gasteiger partial charge in [-0.3, -0.25) is 0 Å². The molecule has 0 N–H and O–H groups in total. The minimum Gasteiger partial charge on any atom is -0.459 e. The fraction of sp³-hybridized carbons (Fsp3) is 0.636. The van der Waals surface area contributed by atoms with Gasteiger partial charge in [-0.15, -0.1) is 11.3 Å². The minimum atomic E-state index is -0.283. The molecule has 1 aliphatic rings. The van der Waals surface area contributed by atoms with Crippen molar-refractivity contribution < 1.29 is 14.3 Å². The standard InChI is InChI=1S/C11H15NO3S/c1-8-10(16-7-12-8)11(13)15-6-9-4-2-3-5-14-9/h7,9H,2-6H2,1H3/t9-/m1/s1. The predicted octanol–water partition coefficient (Wildman–Crippen LogP) is 2.18. The molecule has 4 nitrogen and oxygen atoms in total. The first-order valence-corrected chi connectivity index (χ1v) is 6.34. The maximum Gasteiger partial charge on any atom is 0.350 e. The van der Waals surface area contributed by atoms with E-state index in [2.05, 4.69) is 4.98 Å². The van der Waals surface area contributed by atoms with E-state index >= 15 is 0 Å². The lowest BCUT2D eigenvalue weighted by Crippen LogP contribution is -2.25. The van der Waals surface area contributed by atoms with Crippen LogP contribution in [0.1, 0.15) is 34.6 Å². The average Bonchev–Trinajstić information content (AvgIpc) is 2.74. The Bertz CT molecular complexity index is 358. The lowest BCUT2D eigenvalue weighted by molar-refractivity contribution is -0.0298. The van der Waals surface area contributed by atoms with E-state index in [4.69, 9.17) is 9.47 Å². The first kappa shape index (κ1) is 11.5. The monoisotopic (exact) mass is 241 g/mol. The highest BCUT2D eigenvalue weighted by Gasteiger charge is 2.18. The van der Waals surface area contributed by atoms with Crippen LogP contribution in [0.5, 0.6) is 0 Å². The number of hydrogen-bond donors (Lipinski definition) is 0. The molecule has 1 atom stereocenters. The first-order chi connectivity index (χ1) is 7.77. The first-order valence-electron chi connectivity index (χ1n) is 5.46. The van der Waals surface area contributed by atoms with Gasteiger partial charge in [0.25, 0.3) is 0 Å². The lowest BCUT2D eigenvalue weighted by atomic mass is 10.1. The predicted molar refractivity (Wildman–Crippen MR) is 60.7 cm³/mol. The number of thiazole rings is 1. The summed E-state index contributed by atoms with van der Waals surface area (Å²) < 4.78 is 10.7. The Balaban J connectivity index is 1.81. The molecule has 1 aromatic heterocycles. The van der Waals surface area contributed by atoms with E-state index in [1.165, 1.54) is 11.3 Å². The van der Waals surface area contributed by atoms with Gasteiger partial charge in [0.2, 0.25) is 0 Å². The number of carbonyl (C=O) groups is 1. The molecule has 1 saturated heterocycles. The van der Waals surface area contributed by atoms with Gasteiger partial charge in [0, 0.05) is 6.61 Å². The van der Waals surface area contributed by atoms with E-state index in [0.717, 1.165) is 31.6 Å². The SMILES string of the molecule is Cc1ncsc1C(=O)OC[C@H]1CCCCO1. The largest absolute Gasteiger partial charge is 0.459 e. The van der Waals surface area contributed by atoms with E-state index in [-0.39, 0.29) is 12.1 Å². The Hall–Kier alpha value is -0.940. The van der Waals surface area contributed by atoms with Crippen LogP contribution in [-0.4, -0.2) is 30.3 Å². The van der Waals surface area contributed by atoms with Gasteiger partial charge >= 0.3 is 5.97 Å². The fourth-order valence-corrected chi connectivity index (χ4v) is 2.37. The maximum absolute atomic E-state index is 11.7. The van der Waals surface area contributed by atoms with E-state index in [1.54, 1.807) is 5.51 Å². The average molecular weight is 241 g/mol. The van der Waals surface area contributed by atoms with Gasteiger partial charge in [-0.2, -0.15) is 0 Å². The Kier molecular flexibility index (Phi) is 3.90. The number of ether oxygens (including phenoxy) is 2. The van der Waals surface area contributed by atoms with E-state index in [0.29, 0.717) is 11.5 Å². The summed E-state index contributed by atoms with van der Waals surface area (Å²) in [7, 11) is 0. The highest BCUT2D eigenvalue weighted by atomic mass is 32.1. The van der Waals surface area contributed by atoms with Crippen LogP contribution in [0.3, 0.4) is 0 Å². The Labute approximate surface area is 98.6 Å². The molecule has 0 spiro atoms. The van der Waals surface area contributed by atoms with Crippen LogP contribution in [0, 0.1) is 6.92 Å². The van der Waals surface area contributed by atoms with Crippen LogP contribution in [0.2, 0.25) is 0 Å². The van der Waals surface area contributed by atoms with Crippen molar-refractivity contribution in [3.8, 4) is 0 Å². The van der Waals surface area contributed by atoms with Gasteiger partial charge in [-0.25, -0.2) is 9.78 Å². The molecule has 0 unspecified atom stereocenters. The van der Waals surface area contributed by atoms with Crippen molar-refractivity contribution in [2.75, 3.05) is 13.2 Å². The summed E-state index contributed by atoms with van der Waals surface area (Å²) in [4.78, 5) is 16.3. The topological polar surface area (TPSA) is 48.4 Å². The normalized spacial score (nSPS) is 20.7. The molecule has 1 fully saturated rings. The quantitative estimate of drug-likeness (QED) is 0.761. The third-order valence-corrected chi connectivity index (χ3v) is 3.51. The second kappa shape index (κ2) is 5.41. The molecular weight excluding hydrogens is 226 g/mol. The Morgan fingerprint density at radius 3 is 3.19 bits per heavy atom. The highest BCUT2D eigenvalue weighted by Crippen LogP contribution is 2.16. The van der Waals surface area contributed by atoms with Gasteiger partial charge in [-0.05, 0) is 26.2 Å². The van der Waals surface area contributed by atoms with Gasteiger partial charge in [0.05, 0.1) is 17.3 Å². The zero-order valence-electron chi connectivity index (χ0n) is 9.27. The van der Waals surface area contributed by atoms with Crippen LogP contribution >= 0.6 is 11.3 Å². The fourth-order valence-electron chi connectivity index (χ4n) is 1.67. The minimum absolute atomic E-state index is 0.0749. The number of rotatable bonds is 3. The Morgan fingerprint density at radius 2 is 2.56 bits per heavy atom. The summed E-state index contributed by atoms with van der Waals surface area (Å²) in [5, 5.41) is 0. The zero-order valence-corrected chi connectivity index (χ0v) is 10.1. The summed E-state index contributed by atoms with van der Waals surface area (Å²) in [6, 6.07) is 0. The third-order valence-electron chi connectivity index (χ3n) is 2.61. The lowest BCUT2D eigenvalue weighted by Gasteiger charge is -2.21. The van der Waals surface area contributed by atoms with Gasteiger partial charge in [0.1, 0.15) is 11.5 Å². The second-order valence-electron chi connectivity index (χ2n) is 3.85. The molecule has 0 aromatic carbocycles. The van der Waals surface area contributed by atoms with E-state index < -0.39 is 0 Å². The number of aryl methyl sites for hydroxylation is 1. The van der Waals surface area contributed by atoms with Crippen molar-refractivity contribution in [3.05, 3.63) is 16.1 Å². The maximum atomic E-state index is 11.7. The summed E-state index contributed by atoms with van der Waals surface area (Å²) >= 11 is 1.32. The molecule has 0 radical (unpaired) electrons. The third kappa shape index (κ3) is 2.80. The summed E-state index contributed by atoms with van der Waals surface area (Å²) in [6.07, 6.45) is 3.32. The summed E-state index contributed by atoms with van der Waals surface area (Å²) in [5.41, 5.74) is 2.39. The highest BCUT2D eigenvalue weighted by molar-refractivity contribution is 7.11. The molecule has 2 heterocycles. The number of esters is 1. The van der Waals surface area contributed by atoms with Gasteiger partial charge in [-0.1, -0.05) is 0 Å². The van der Waals surface area contributed by atoms with E-state index in [9.17, 15) is 4.79 Å². The van der Waals surface area contributed by atoms with Crippen molar-refractivity contribution >= 4 is 17.3 Å². The molecular formula is C11H15NO3S. The molecule has 0 aliphatic carbocycles. The molecule has 0 saturated carbocycles. The number of nitrogens with zero attached hydrogens (tertiary/aromatic N) is 1. The summed E-state index contributed by atoms with van der Waals surface area (Å²) in [5.74, 6) is -0.283. The van der Waals surface area contributed by atoms with Crippen molar-refractivity contribution in [1.29, 1.82) is 0 Å². The van der Waals surface area contributed by atoms with Crippen LogP contribution in [0.15, 0.2) is 5.51 Å². The second-order valence-corrected chi connectivity index (χ2v) is 4.71. The molecule has 16 heavy (non-hydrogen) atoms. The number of aromatic nitrogens is 1. The van der Waals surface area contributed by atoms with Crippen LogP contribution < -0.4 is 0 Å². The molecule has 0 bridgehead atoms. The van der Waals surface area contributed by atoms with Crippen molar-refractivity contribution in [2.24, 2.45) is 0 Å². The smallest absolute Gasteiger partial charge is 0.350 e. The molecule has 0 amide bonds. The Morgan fingerprint density at radius 1 is 1.69 bits per heavy atom. The van der Waals surface area contributed by atoms with Crippen LogP contribution in [-0.2, 0) is 9.47 Å². The number of hydrogen-bond acceptors (Lipinski definition) is 5. The van der Waals surface area contributed by atoms with Crippen molar-refractivity contribution in [3.63, 3.8) is 0 Å². The number of carbonyl (C=O) groups excluding carboxylic acids is 1. The van der Waals surface area contributed by atoms with Gasteiger partial charge < -0.3 is 9.47 Å². The zero-order chi connectivity index (χ0) is 11.4. The van der Waals surface area contributed by atoms with Gasteiger partial charge in [0.15, 0.2) is 0 Å². The molecule has 2 rings (SSSR count). The van der Waals surface area contributed by atoms with Crippen molar-refractivity contribution in [2.45, 2.75) is 32.3 Å². The van der Waals surface area contributed by atoms with Crippen LogP contribution in [0.25, 0.3) is 0 Å². The van der Waals surface area contributed by atoms with Crippen LogP contribution in [0.4, 0.5) is 0 Å². The molecule has 88 valence electrons. The molecule has 1 aromatic rings. The summed E-state index contributed by atoms with van der Waals surface area (Å²) in [6.45, 7) is 2.95. The van der Waals surface area contributed by atoms with E-state index in [1.807, 2.05) is 6.92 Å². The molecule has 5 heteroatoms. The van der Waals surface area contributed by atoms with Crippen molar-refractivity contribution in [1.82, 2.24) is 4.98 Å².